The minimum absolute atomic E-state index is 0.223. The Balaban J connectivity index is 4.75. The van der Waals surface area contributed by atoms with Gasteiger partial charge in [-0.15, -0.1) is 0 Å². The zero-order valence-electron chi connectivity index (χ0n) is 33.8. The summed E-state index contributed by atoms with van der Waals surface area (Å²) in [6.45, 7) is 11.1. The topological polar surface area (TPSA) is 77.5 Å². The second kappa shape index (κ2) is 40.5. The minimum Gasteiger partial charge on any atom is -0.463 e. The average molecular weight is 713 g/mol. The molecule has 0 aliphatic rings. The van der Waals surface area contributed by atoms with Crippen LogP contribution in [0.15, 0.2) is 0 Å². The SMILES string of the molecule is CCCCCCCCCCCCCCN(CCCCCCCCCCCCCC)CCN(CCC(=O)OCCOC)CCC(=O)OCCOC. The summed E-state index contributed by atoms with van der Waals surface area (Å²) in [6, 6.07) is 0. The van der Waals surface area contributed by atoms with Crippen LogP contribution in [0.25, 0.3) is 0 Å². The van der Waals surface area contributed by atoms with Gasteiger partial charge in [0.2, 0.25) is 0 Å². The monoisotopic (exact) mass is 713 g/mol. The smallest absolute Gasteiger partial charge is 0.307 e. The Labute approximate surface area is 310 Å². The van der Waals surface area contributed by atoms with E-state index in [1.54, 1.807) is 14.2 Å². The third kappa shape index (κ3) is 36.6. The summed E-state index contributed by atoms with van der Waals surface area (Å²) < 4.78 is 20.6. The quantitative estimate of drug-likeness (QED) is 0.0458. The summed E-state index contributed by atoms with van der Waals surface area (Å²) in [4.78, 5) is 29.5. The molecule has 0 amide bonds. The maximum atomic E-state index is 12.3. The molecule has 0 saturated carbocycles. The molecule has 0 radical (unpaired) electrons. The molecule has 50 heavy (non-hydrogen) atoms. The fraction of sp³-hybridized carbons (Fsp3) is 0.952. The number of methoxy groups -OCH3 is 2. The number of carbonyl (C=O) groups is 2. The van der Waals surface area contributed by atoms with Gasteiger partial charge in [0.1, 0.15) is 13.2 Å². The molecule has 0 aliphatic heterocycles. The van der Waals surface area contributed by atoms with E-state index < -0.39 is 0 Å². The Morgan fingerprint density at radius 3 is 0.940 bits per heavy atom. The molecule has 0 N–H and O–H groups in total. The third-order valence-electron chi connectivity index (χ3n) is 9.75. The summed E-state index contributed by atoms with van der Waals surface area (Å²) in [6.07, 6.45) is 33.4. The molecule has 0 saturated heterocycles. The molecule has 0 heterocycles. The van der Waals surface area contributed by atoms with Crippen molar-refractivity contribution < 1.29 is 28.5 Å². The van der Waals surface area contributed by atoms with E-state index >= 15 is 0 Å². The van der Waals surface area contributed by atoms with Crippen molar-refractivity contribution in [3.05, 3.63) is 0 Å². The largest absolute Gasteiger partial charge is 0.463 e. The number of ether oxygens (including phenoxy) is 4. The molecule has 8 nitrogen and oxygen atoms in total. The van der Waals surface area contributed by atoms with Crippen molar-refractivity contribution in [3.63, 3.8) is 0 Å². The van der Waals surface area contributed by atoms with E-state index in [0.717, 1.165) is 26.2 Å². The van der Waals surface area contributed by atoms with Gasteiger partial charge in [-0.3, -0.25) is 9.59 Å². The van der Waals surface area contributed by atoms with E-state index in [1.807, 2.05) is 0 Å². The molecule has 0 spiro atoms. The third-order valence-corrected chi connectivity index (χ3v) is 9.75. The number of esters is 2. The van der Waals surface area contributed by atoms with E-state index in [1.165, 1.54) is 154 Å². The van der Waals surface area contributed by atoms with Crippen LogP contribution in [-0.2, 0) is 28.5 Å². The first kappa shape index (κ1) is 48.8. The fourth-order valence-corrected chi connectivity index (χ4v) is 6.43. The van der Waals surface area contributed by atoms with Gasteiger partial charge in [-0.1, -0.05) is 155 Å². The Morgan fingerprint density at radius 2 is 0.640 bits per heavy atom. The molecule has 298 valence electrons. The standard InChI is InChI=1S/C42H84N2O6/c1-5-7-9-11-13-15-17-19-21-23-25-27-31-43(32-28-26-24-22-20-18-16-14-12-10-8-6-2)35-36-44(33-29-41(45)49-39-37-47-3)34-30-42(46)50-40-38-48-4/h5-40H2,1-4H3. The summed E-state index contributed by atoms with van der Waals surface area (Å²) >= 11 is 0. The second-order valence-electron chi connectivity index (χ2n) is 14.4. The van der Waals surface area contributed by atoms with Crippen LogP contribution in [0.5, 0.6) is 0 Å². The van der Waals surface area contributed by atoms with Crippen LogP contribution in [0.4, 0.5) is 0 Å². The van der Waals surface area contributed by atoms with Crippen molar-refractivity contribution in [1.82, 2.24) is 9.80 Å². The summed E-state index contributed by atoms with van der Waals surface area (Å²) in [7, 11) is 3.20. The molecule has 0 aliphatic carbocycles. The molecule has 0 bridgehead atoms. The van der Waals surface area contributed by atoms with Crippen molar-refractivity contribution in [2.45, 2.75) is 181 Å². The van der Waals surface area contributed by atoms with E-state index in [4.69, 9.17) is 18.9 Å². The van der Waals surface area contributed by atoms with E-state index in [0.29, 0.717) is 39.1 Å². The van der Waals surface area contributed by atoms with Gasteiger partial charge in [0, 0.05) is 40.4 Å². The molecule has 0 fully saturated rings. The van der Waals surface area contributed by atoms with E-state index in [-0.39, 0.29) is 25.2 Å². The van der Waals surface area contributed by atoms with Crippen LogP contribution in [0.2, 0.25) is 0 Å². The predicted molar refractivity (Wildman–Crippen MR) is 210 cm³/mol. The Bertz CT molecular complexity index is 656. The first-order chi connectivity index (χ1) is 24.6. The van der Waals surface area contributed by atoms with E-state index in [9.17, 15) is 9.59 Å². The van der Waals surface area contributed by atoms with Crippen molar-refractivity contribution in [2.75, 3.05) is 79.9 Å². The van der Waals surface area contributed by atoms with Gasteiger partial charge >= 0.3 is 11.9 Å². The van der Waals surface area contributed by atoms with Crippen LogP contribution in [0.3, 0.4) is 0 Å². The van der Waals surface area contributed by atoms with Gasteiger partial charge in [-0.05, 0) is 25.9 Å². The fourth-order valence-electron chi connectivity index (χ4n) is 6.43. The molecule has 8 heteroatoms. The lowest BCUT2D eigenvalue weighted by molar-refractivity contribution is -0.145. The lowest BCUT2D eigenvalue weighted by atomic mass is 10.0. The van der Waals surface area contributed by atoms with Crippen LogP contribution in [-0.4, -0.2) is 102 Å². The number of carbonyl (C=O) groups excluding carboxylic acids is 2. The summed E-state index contributed by atoms with van der Waals surface area (Å²) in [5.41, 5.74) is 0. The zero-order chi connectivity index (χ0) is 36.6. The van der Waals surface area contributed by atoms with Gasteiger partial charge in [0.05, 0.1) is 26.1 Å². The number of hydrogen-bond acceptors (Lipinski definition) is 8. The van der Waals surface area contributed by atoms with Gasteiger partial charge in [-0.2, -0.15) is 0 Å². The highest BCUT2D eigenvalue weighted by molar-refractivity contribution is 5.70. The van der Waals surface area contributed by atoms with Gasteiger partial charge in [0.15, 0.2) is 0 Å². The number of rotatable bonds is 41. The van der Waals surface area contributed by atoms with Gasteiger partial charge in [0.25, 0.3) is 0 Å². The van der Waals surface area contributed by atoms with Crippen LogP contribution in [0, 0.1) is 0 Å². The number of nitrogens with zero attached hydrogens (tertiary/aromatic N) is 2. The lowest BCUT2D eigenvalue weighted by Gasteiger charge is -2.27. The molecule has 0 unspecified atom stereocenters. The van der Waals surface area contributed by atoms with Crippen LogP contribution < -0.4 is 0 Å². The molecule has 0 aromatic carbocycles. The first-order valence-corrected chi connectivity index (χ1v) is 21.3. The van der Waals surface area contributed by atoms with E-state index in [2.05, 4.69) is 23.6 Å². The highest BCUT2D eigenvalue weighted by atomic mass is 16.6. The maximum absolute atomic E-state index is 12.3. The lowest BCUT2D eigenvalue weighted by Crippen LogP contribution is -2.38. The van der Waals surface area contributed by atoms with Crippen LogP contribution >= 0.6 is 0 Å². The van der Waals surface area contributed by atoms with Crippen molar-refractivity contribution in [2.24, 2.45) is 0 Å². The first-order valence-electron chi connectivity index (χ1n) is 21.3. The van der Waals surface area contributed by atoms with Crippen molar-refractivity contribution in [1.29, 1.82) is 0 Å². The number of hydrogen-bond donors (Lipinski definition) is 0. The average Bonchev–Trinajstić information content (AvgIpc) is 3.11. The normalized spacial score (nSPS) is 11.6. The summed E-state index contributed by atoms with van der Waals surface area (Å²) in [5, 5.41) is 0. The Morgan fingerprint density at radius 1 is 0.360 bits per heavy atom. The molecule has 0 aromatic heterocycles. The van der Waals surface area contributed by atoms with Crippen molar-refractivity contribution in [3.8, 4) is 0 Å². The number of unbranched alkanes of at least 4 members (excludes halogenated alkanes) is 22. The zero-order valence-corrected chi connectivity index (χ0v) is 33.8. The van der Waals surface area contributed by atoms with Crippen molar-refractivity contribution >= 4 is 11.9 Å². The summed E-state index contributed by atoms with van der Waals surface area (Å²) in [5.74, 6) is -0.445. The maximum Gasteiger partial charge on any atom is 0.307 e. The van der Waals surface area contributed by atoms with Gasteiger partial charge in [-0.25, -0.2) is 0 Å². The molecular formula is C42H84N2O6. The molecule has 0 rings (SSSR count). The molecular weight excluding hydrogens is 628 g/mol. The minimum atomic E-state index is -0.223. The van der Waals surface area contributed by atoms with Gasteiger partial charge < -0.3 is 28.7 Å². The van der Waals surface area contributed by atoms with Crippen LogP contribution in [0.1, 0.15) is 181 Å². The molecule has 0 atom stereocenters. The predicted octanol–water partition coefficient (Wildman–Crippen LogP) is 10.2. The molecule has 0 aromatic rings. The Kier molecular flexibility index (Phi) is 39.6. The highest BCUT2D eigenvalue weighted by Gasteiger charge is 2.14. The highest BCUT2D eigenvalue weighted by Crippen LogP contribution is 2.14. The Hall–Kier alpha value is -1.22. The second-order valence-corrected chi connectivity index (χ2v) is 14.4.